The maximum absolute atomic E-state index is 10.7. The van der Waals surface area contributed by atoms with Gasteiger partial charge in [-0.05, 0) is 31.1 Å². The SMILES string of the molecule is C=C(C(=O)O)C(O)CC1CC=C(C)C1(C)C. The molecule has 1 aliphatic rings. The second-order valence-corrected chi connectivity index (χ2v) is 5.12. The Morgan fingerprint density at radius 2 is 2.25 bits per heavy atom. The van der Waals surface area contributed by atoms with Crippen LogP contribution >= 0.6 is 0 Å². The molecule has 0 radical (unpaired) electrons. The van der Waals surface area contributed by atoms with E-state index < -0.39 is 12.1 Å². The highest BCUT2D eigenvalue weighted by Gasteiger charge is 2.36. The summed E-state index contributed by atoms with van der Waals surface area (Å²) < 4.78 is 0. The van der Waals surface area contributed by atoms with E-state index in [1.54, 1.807) is 0 Å². The molecule has 0 amide bonds. The summed E-state index contributed by atoms with van der Waals surface area (Å²) in [6, 6.07) is 0. The van der Waals surface area contributed by atoms with Gasteiger partial charge in [-0.1, -0.05) is 32.1 Å². The Bertz CT molecular complexity index is 339. The summed E-state index contributed by atoms with van der Waals surface area (Å²) in [6.07, 6.45) is 2.59. The van der Waals surface area contributed by atoms with Crippen LogP contribution in [-0.4, -0.2) is 22.3 Å². The molecule has 0 heterocycles. The maximum atomic E-state index is 10.7. The molecule has 0 aromatic heterocycles. The number of aliphatic hydroxyl groups excluding tert-OH is 1. The highest BCUT2D eigenvalue weighted by molar-refractivity contribution is 5.86. The number of hydrogen-bond acceptors (Lipinski definition) is 2. The number of carbonyl (C=O) groups is 1. The van der Waals surface area contributed by atoms with E-state index in [9.17, 15) is 9.90 Å². The number of hydrogen-bond donors (Lipinski definition) is 2. The average molecular weight is 224 g/mol. The molecule has 90 valence electrons. The smallest absolute Gasteiger partial charge is 0.333 e. The number of allylic oxidation sites excluding steroid dienone is 2. The zero-order chi connectivity index (χ0) is 12.5. The van der Waals surface area contributed by atoms with E-state index in [-0.39, 0.29) is 11.0 Å². The van der Waals surface area contributed by atoms with Crippen LogP contribution in [0.2, 0.25) is 0 Å². The van der Waals surface area contributed by atoms with Crippen molar-refractivity contribution in [1.29, 1.82) is 0 Å². The summed E-state index contributed by atoms with van der Waals surface area (Å²) in [5, 5.41) is 18.5. The summed E-state index contributed by atoms with van der Waals surface area (Å²) in [5.41, 5.74) is 1.24. The minimum atomic E-state index is -1.12. The van der Waals surface area contributed by atoms with E-state index in [4.69, 9.17) is 5.11 Å². The van der Waals surface area contributed by atoms with Gasteiger partial charge in [-0.3, -0.25) is 0 Å². The second kappa shape index (κ2) is 4.42. The van der Waals surface area contributed by atoms with Gasteiger partial charge < -0.3 is 10.2 Å². The van der Waals surface area contributed by atoms with Crippen molar-refractivity contribution >= 4 is 5.97 Å². The summed E-state index contributed by atoms with van der Waals surface area (Å²) in [7, 11) is 0. The molecule has 0 fully saturated rings. The zero-order valence-electron chi connectivity index (χ0n) is 10.2. The Hall–Kier alpha value is -1.09. The largest absolute Gasteiger partial charge is 0.478 e. The third-order valence-corrected chi connectivity index (χ3v) is 3.93. The Morgan fingerprint density at radius 3 is 2.62 bits per heavy atom. The lowest BCUT2D eigenvalue weighted by atomic mass is 9.75. The van der Waals surface area contributed by atoms with Gasteiger partial charge in [0.1, 0.15) is 0 Å². The number of rotatable bonds is 4. The van der Waals surface area contributed by atoms with E-state index in [0.717, 1.165) is 6.42 Å². The quantitative estimate of drug-likeness (QED) is 0.569. The summed E-state index contributed by atoms with van der Waals surface area (Å²) in [5.74, 6) is -0.827. The fraction of sp³-hybridized carbons (Fsp3) is 0.615. The lowest BCUT2D eigenvalue weighted by Crippen LogP contribution is -2.27. The van der Waals surface area contributed by atoms with Crippen molar-refractivity contribution in [2.75, 3.05) is 0 Å². The van der Waals surface area contributed by atoms with Gasteiger partial charge in [-0.2, -0.15) is 0 Å². The lowest BCUT2D eigenvalue weighted by Gasteiger charge is -2.31. The van der Waals surface area contributed by atoms with Crippen LogP contribution in [0.25, 0.3) is 0 Å². The van der Waals surface area contributed by atoms with Crippen LogP contribution in [0.15, 0.2) is 23.8 Å². The molecule has 2 N–H and O–H groups in total. The standard InChI is InChI=1S/C13H20O3/c1-8-5-6-10(13(8,3)4)7-11(14)9(2)12(15)16/h5,10-11,14H,2,6-7H2,1,3-4H3,(H,15,16). The van der Waals surface area contributed by atoms with Crippen LogP contribution in [0.1, 0.15) is 33.6 Å². The highest BCUT2D eigenvalue weighted by atomic mass is 16.4. The van der Waals surface area contributed by atoms with Crippen LogP contribution in [0.3, 0.4) is 0 Å². The number of carboxylic acids is 1. The number of aliphatic hydroxyl groups is 1. The molecule has 1 aliphatic carbocycles. The molecule has 16 heavy (non-hydrogen) atoms. The van der Waals surface area contributed by atoms with Crippen molar-refractivity contribution in [2.24, 2.45) is 11.3 Å². The van der Waals surface area contributed by atoms with E-state index in [0.29, 0.717) is 12.3 Å². The molecular weight excluding hydrogens is 204 g/mol. The van der Waals surface area contributed by atoms with Gasteiger partial charge >= 0.3 is 5.97 Å². The monoisotopic (exact) mass is 224 g/mol. The van der Waals surface area contributed by atoms with Crippen molar-refractivity contribution in [2.45, 2.75) is 39.7 Å². The summed E-state index contributed by atoms with van der Waals surface area (Å²) in [6.45, 7) is 9.74. The Morgan fingerprint density at radius 1 is 1.69 bits per heavy atom. The van der Waals surface area contributed by atoms with Gasteiger partial charge in [0.25, 0.3) is 0 Å². The van der Waals surface area contributed by atoms with E-state index in [2.05, 4.69) is 33.4 Å². The molecular formula is C13H20O3. The van der Waals surface area contributed by atoms with Crippen molar-refractivity contribution in [3.63, 3.8) is 0 Å². The van der Waals surface area contributed by atoms with Gasteiger partial charge in [-0.15, -0.1) is 0 Å². The van der Waals surface area contributed by atoms with E-state index in [1.165, 1.54) is 5.57 Å². The Kier molecular flexibility index (Phi) is 3.58. The first-order valence-corrected chi connectivity index (χ1v) is 5.54. The van der Waals surface area contributed by atoms with Crippen LogP contribution in [0, 0.1) is 11.3 Å². The minimum Gasteiger partial charge on any atom is -0.478 e. The van der Waals surface area contributed by atoms with E-state index >= 15 is 0 Å². The fourth-order valence-electron chi connectivity index (χ4n) is 2.14. The maximum Gasteiger partial charge on any atom is 0.333 e. The molecule has 0 saturated carbocycles. The topological polar surface area (TPSA) is 57.5 Å². The molecule has 0 aromatic carbocycles. The fourth-order valence-corrected chi connectivity index (χ4v) is 2.14. The molecule has 0 aliphatic heterocycles. The lowest BCUT2D eigenvalue weighted by molar-refractivity contribution is -0.133. The molecule has 0 aromatic rings. The minimum absolute atomic E-state index is 0.0414. The third kappa shape index (κ3) is 2.35. The number of carboxylic acid groups (broad SMARTS) is 1. The third-order valence-electron chi connectivity index (χ3n) is 3.93. The summed E-state index contributed by atoms with van der Waals surface area (Å²) in [4.78, 5) is 10.7. The molecule has 2 unspecified atom stereocenters. The highest BCUT2D eigenvalue weighted by Crippen LogP contribution is 2.45. The van der Waals surface area contributed by atoms with Gasteiger partial charge in [0.15, 0.2) is 0 Å². The van der Waals surface area contributed by atoms with Gasteiger partial charge in [0.2, 0.25) is 0 Å². The molecule has 0 saturated heterocycles. The number of aliphatic carboxylic acids is 1. The van der Waals surface area contributed by atoms with Crippen molar-refractivity contribution in [3.8, 4) is 0 Å². The molecule has 2 atom stereocenters. The van der Waals surface area contributed by atoms with E-state index in [1.807, 2.05) is 0 Å². The van der Waals surface area contributed by atoms with Crippen LogP contribution in [0.5, 0.6) is 0 Å². The first-order valence-electron chi connectivity index (χ1n) is 5.54. The molecule has 0 spiro atoms. The average Bonchev–Trinajstić information content (AvgIpc) is 2.43. The second-order valence-electron chi connectivity index (χ2n) is 5.12. The Labute approximate surface area is 96.5 Å². The molecule has 3 heteroatoms. The Balaban J connectivity index is 2.64. The van der Waals surface area contributed by atoms with Crippen molar-refractivity contribution in [1.82, 2.24) is 0 Å². The molecule has 1 rings (SSSR count). The van der Waals surface area contributed by atoms with Crippen molar-refractivity contribution < 1.29 is 15.0 Å². The molecule has 0 bridgehead atoms. The first kappa shape index (κ1) is 13.0. The van der Waals surface area contributed by atoms with Gasteiger partial charge in [-0.25, -0.2) is 4.79 Å². The normalized spacial score (nSPS) is 25.0. The predicted molar refractivity (Wildman–Crippen MR) is 63.0 cm³/mol. The van der Waals surface area contributed by atoms with Crippen LogP contribution in [0.4, 0.5) is 0 Å². The first-order chi connectivity index (χ1) is 7.26. The van der Waals surface area contributed by atoms with Crippen molar-refractivity contribution in [3.05, 3.63) is 23.8 Å². The van der Waals surface area contributed by atoms with Crippen LogP contribution in [-0.2, 0) is 4.79 Å². The predicted octanol–water partition coefficient (Wildman–Crippen LogP) is 2.37. The zero-order valence-corrected chi connectivity index (χ0v) is 10.2. The summed E-state index contributed by atoms with van der Waals surface area (Å²) >= 11 is 0. The van der Waals surface area contributed by atoms with Gasteiger partial charge in [0, 0.05) is 0 Å². The van der Waals surface area contributed by atoms with Crippen LogP contribution < -0.4 is 0 Å². The van der Waals surface area contributed by atoms with Gasteiger partial charge in [0.05, 0.1) is 11.7 Å². The molecule has 3 nitrogen and oxygen atoms in total.